The third-order valence-electron chi connectivity index (χ3n) is 5.41. The summed E-state index contributed by atoms with van der Waals surface area (Å²) in [5.41, 5.74) is 3.74. The third kappa shape index (κ3) is 4.10. The van der Waals surface area contributed by atoms with Gasteiger partial charge in [-0.2, -0.15) is 8.78 Å². The van der Waals surface area contributed by atoms with Gasteiger partial charge in [0, 0.05) is 29.3 Å². The second-order valence-corrected chi connectivity index (χ2v) is 7.75. The molecular weight excluding hydrogens is 388 g/mol. The summed E-state index contributed by atoms with van der Waals surface area (Å²) in [7, 11) is 0. The number of aliphatic imine (C=N–C) groups is 1. The second kappa shape index (κ2) is 7.97. The van der Waals surface area contributed by atoms with Gasteiger partial charge in [0.1, 0.15) is 11.4 Å². The number of Topliss-reactive ketones (excluding diaryl/α,β-unsaturated/α-hetero) is 1. The van der Waals surface area contributed by atoms with E-state index < -0.39 is 6.61 Å². The molecule has 30 heavy (non-hydrogen) atoms. The number of ether oxygens (including phenoxy) is 1. The number of hydrogen-bond donors (Lipinski definition) is 0. The van der Waals surface area contributed by atoms with Crippen molar-refractivity contribution < 1.29 is 18.3 Å². The Labute approximate surface area is 173 Å². The molecule has 1 saturated carbocycles. The van der Waals surface area contributed by atoms with Crippen LogP contribution in [0, 0.1) is 12.8 Å². The summed E-state index contributed by atoms with van der Waals surface area (Å²) in [6, 6.07) is 8.91. The number of carbonyl (C=O) groups excluding carboxylic acids is 1. The van der Waals surface area contributed by atoms with Gasteiger partial charge >= 0.3 is 6.61 Å². The largest absolute Gasteiger partial charge is 0.434 e. The zero-order valence-electron chi connectivity index (χ0n) is 17.2. The Kier molecular flexibility index (Phi) is 5.37. The molecule has 3 aromatic rings. The first-order chi connectivity index (χ1) is 14.3. The maximum absolute atomic E-state index is 12.8. The number of benzene rings is 1. The molecule has 0 radical (unpaired) electrons. The highest BCUT2D eigenvalue weighted by Gasteiger charge is 2.25. The van der Waals surface area contributed by atoms with Crippen molar-refractivity contribution in [3.05, 3.63) is 53.3 Å². The average molecular weight is 411 g/mol. The summed E-state index contributed by atoms with van der Waals surface area (Å²) in [5, 5.41) is 1.03. The van der Waals surface area contributed by atoms with Crippen molar-refractivity contribution in [3.8, 4) is 5.75 Å². The van der Waals surface area contributed by atoms with Crippen LogP contribution >= 0.6 is 0 Å². The molecule has 156 valence electrons. The number of aromatic nitrogens is 2. The molecule has 4 rings (SSSR count). The minimum atomic E-state index is -2.98. The Hall–Kier alpha value is -3.09. The van der Waals surface area contributed by atoms with Crippen LogP contribution in [0.4, 0.5) is 14.5 Å². The number of fused-ring (bicyclic) bond motifs is 1. The molecule has 0 saturated heterocycles. The van der Waals surface area contributed by atoms with Gasteiger partial charge in [-0.3, -0.25) is 9.79 Å². The molecule has 0 aliphatic heterocycles. The van der Waals surface area contributed by atoms with E-state index in [1.807, 2.05) is 25.1 Å². The van der Waals surface area contributed by atoms with E-state index in [1.165, 1.54) is 25.8 Å². The van der Waals surface area contributed by atoms with Gasteiger partial charge in [0.2, 0.25) is 0 Å². The van der Waals surface area contributed by atoms with Gasteiger partial charge < -0.3 is 9.30 Å². The maximum atomic E-state index is 12.8. The lowest BCUT2D eigenvalue weighted by Gasteiger charge is -2.13. The monoisotopic (exact) mass is 411 g/mol. The van der Waals surface area contributed by atoms with Crippen LogP contribution in [0.25, 0.3) is 11.0 Å². The molecule has 0 N–H and O–H groups in total. The number of rotatable bonds is 7. The number of alkyl halides is 2. The topological polar surface area (TPSA) is 56.5 Å². The molecule has 1 aliphatic rings. The van der Waals surface area contributed by atoms with Gasteiger partial charge in [0.05, 0.1) is 17.1 Å². The number of ketones is 1. The van der Waals surface area contributed by atoms with Crippen molar-refractivity contribution in [3.63, 3.8) is 0 Å². The maximum Gasteiger partial charge on any atom is 0.387 e. The Bertz CT molecular complexity index is 1150. The first kappa shape index (κ1) is 20.2. The van der Waals surface area contributed by atoms with Crippen LogP contribution < -0.4 is 4.74 Å². The van der Waals surface area contributed by atoms with E-state index >= 15 is 0 Å². The molecule has 0 amide bonds. The summed E-state index contributed by atoms with van der Waals surface area (Å²) in [4.78, 5) is 21.1. The molecule has 1 aliphatic carbocycles. The normalized spacial score (nSPS) is 14.5. The van der Waals surface area contributed by atoms with E-state index in [9.17, 15) is 13.6 Å². The van der Waals surface area contributed by atoms with Gasteiger partial charge in [0.25, 0.3) is 0 Å². The summed E-state index contributed by atoms with van der Waals surface area (Å²) in [6.07, 6.45) is 4.18. The fourth-order valence-electron chi connectivity index (χ4n) is 3.58. The predicted molar refractivity (Wildman–Crippen MR) is 112 cm³/mol. The molecule has 2 heterocycles. The summed E-state index contributed by atoms with van der Waals surface area (Å²) in [6.45, 7) is 2.82. The Morgan fingerprint density at radius 3 is 2.73 bits per heavy atom. The van der Waals surface area contributed by atoms with Crippen LogP contribution in [0.1, 0.15) is 48.3 Å². The minimum absolute atomic E-state index is 0.0376. The van der Waals surface area contributed by atoms with E-state index in [4.69, 9.17) is 4.99 Å². The van der Waals surface area contributed by atoms with Gasteiger partial charge in [-0.05, 0) is 69.9 Å². The first-order valence-corrected chi connectivity index (χ1v) is 9.93. The molecule has 1 fully saturated rings. The molecule has 1 aromatic carbocycles. The molecule has 5 nitrogen and oxygen atoms in total. The minimum Gasteiger partial charge on any atom is -0.434 e. The molecular formula is C23H23F2N3O2. The lowest BCUT2D eigenvalue weighted by Crippen LogP contribution is -2.09. The molecule has 0 atom stereocenters. The molecule has 0 unspecified atom stereocenters. The molecule has 2 aromatic heterocycles. The smallest absolute Gasteiger partial charge is 0.387 e. The Morgan fingerprint density at radius 1 is 1.30 bits per heavy atom. The van der Waals surface area contributed by atoms with E-state index in [2.05, 4.69) is 14.3 Å². The van der Waals surface area contributed by atoms with E-state index in [0.29, 0.717) is 17.2 Å². The summed E-state index contributed by atoms with van der Waals surface area (Å²) >= 11 is 0. The van der Waals surface area contributed by atoms with E-state index in [-0.39, 0.29) is 17.1 Å². The number of carbonyl (C=O) groups is 1. The summed E-state index contributed by atoms with van der Waals surface area (Å²) in [5.74, 6) is 0.364. The first-order valence-electron chi connectivity index (χ1n) is 9.93. The lowest BCUT2D eigenvalue weighted by molar-refractivity contribution is -0.0502. The number of hydrogen-bond acceptors (Lipinski definition) is 4. The second-order valence-electron chi connectivity index (χ2n) is 7.75. The number of pyridine rings is 1. The zero-order valence-corrected chi connectivity index (χ0v) is 17.2. The summed E-state index contributed by atoms with van der Waals surface area (Å²) < 4.78 is 32.5. The van der Waals surface area contributed by atoms with Gasteiger partial charge in [-0.1, -0.05) is 0 Å². The van der Waals surface area contributed by atoms with Crippen molar-refractivity contribution >= 4 is 28.2 Å². The van der Waals surface area contributed by atoms with Crippen molar-refractivity contribution in [2.24, 2.45) is 10.9 Å². The van der Waals surface area contributed by atoms with Gasteiger partial charge in [0.15, 0.2) is 5.78 Å². The van der Waals surface area contributed by atoms with Crippen molar-refractivity contribution in [1.29, 1.82) is 0 Å². The Balaban J connectivity index is 1.82. The standard InChI is InChI=1S/C23H23F2N3O2/c1-13-19(9-18(15(3)29)11-21(13)30-23(24)25)27-14(2)20-10-17-5-4-8-26-22(17)28(20)12-16-6-7-16/h4-5,8-11,16,23H,6-7,12H2,1-3H3/b27-14+. The average Bonchev–Trinajstić information content (AvgIpc) is 3.44. The SMILES string of the molecule is CC(=O)c1cc(/N=C(\C)c2cc3cccnc3n2CC2CC2)c(C)c(OC(F)F)c1. The van der Waals surface area contributed by atoms with Crippen molar-refractivity contribution in [2.45, 2.75) is 46.8 Å². The Morgan fingerprint density at radius 2 is 2.07 bits per heavy atom. The quantitative estimate of drug-likeness (QED) is 0.370. The highest BCUT2D eigenvalue weighted by Crippen LogP contribution is 2.34. The molecule has 7 heteroatoms. The van der Waals surface area contributed by atoms with Crippen LogP contribution in [0.2, 0.25) is 0 Å². The fourth-order valence-corrected chi connectivity index (χ4v) is 3.58. The number of nitrogens with zero attached hydrogens (tertiary/aromatic N) is 3. The van der Waals surface area contributed by atoms with Crippen molar-refractivity contribution in [1.82, 2.24) is 9.55 Å². The lowest BCUT2D eigenvalue weighted by atomic mass is 10.1. The zero-order chi connectivity index (χ0) is 21.4. The van der Waals surface area contributed by atoms with Crippen LogP contribution in [0.5, 0.6) is 5.75 Å². The fraction of sp³-hybridized carbons (Fsp3) is 0.348. The van der Waals surface area contributed by atoms with E-state index in [0.717, 1.165) is 29.0 Å². The third-order valence-corrected chi connectivity index (χ3v) is 5.41. The van der Waals surface area contributed by atoms with Crippen molar-refractivity contribution in [2.75, 3.05) is 0 Å². The van der Waals surface area contributed by atoms with Crippen LogP contribution in [0.15, 0.2) is 41.5 Å². The highest BCUT2D eigenvalue weighted by molar-refractivity contribution is 6.03. The van der Waals surface area contributed by atoms with Crippen LogP contribution in [-0.2, 0) is 6.54 Å². The predicted octanol–water partition coefficient (Wildman–Crippen LogP) is 5.70. The van der Waals surface area contributed by atoms with Gasteiger partial charge in [-0.25, -0.2) is 4.98 Å². The van der Waals surface area contributed by atoms with Crippen LogP contribution in [-0.4, -0.2) is 27.7 Å². The molecule has 0 bridgehead atoms. The molecule has 0 spiro atoms. The van der Waals surface area contributed by atoms with Gasteiger partial charge in [-0.15, -0.1) is 0 Å². The van der Waals surface area contributed by atoms with Crippen LogP contribution in [0.3, 0.4) is 0 Å². The van der Waals surface area contributed by atoms with E-state index in [1.54, 1.807) is 19.2 Å². The highest BCUT2D eigenvalue weighted by atomic mass is 19.3. The number of halogens is 2.